The molecule has 0 aliphatic heterocycles. The van der Waals surface area contributed by atoms with Crippen molar-refractivity contribution in [2.45, 2.75) is 105 Å². The van der Waals surface area contributed by atoms with Crippen LogP contribution in [0.5, 0.6) is 0 Å². The Balaban J connectivity index is 0.000000267. The predicted molar refractivity (Wildman–Crippen MR) is 172 cm³/mol. The van der Waals surface area contributed by atoms with Crippen molar-refractivity contribution in [3.8, 4) is 0 Å². The fraction of sp³-hybridized carbons (Fsp3) is 0.444. The van der Waals surface area contributed by atoms with Crippen molar-refractivity contribution in [3.63, 3.8) is 0 Å². The minimum atomic E-state index is 0.182. The number of aromatic nitrogens is 4. The van der Waals surface area contributed by atoms with E-state index in [1.165, 1.54) is 11.1 Å². The molecule has 0 saturated heterocycles. The summed E-state index contributed by atoms with van der Waals surface area (Å²) in [7, 11) is 0. The lowest BCUT2D eigenvalue weighted by Crippen LogP contribution is -2.12. The number of hydrogen-bond donors (Lipinski definition) is 0. The summed E-state index contributed by atoms with van der Waals surface area (Å²) in [5.41, 5.74) is 5.77. The van der Waals surface area contributed by atoms with Crippen molar-refractivity contribution >= 4 is 0 Å². The SMILES string of the molecule is CC(C)(C)c1ccccn1.CC(C)(C)c1ccccn1.CC(C)(C)c1cccnc1.CC(C)(C)c1ccncc1. The van der Waals surface area contributed by atoms with Gasteiger partial charge in [-0.25, -0.2) is 0 Å². The normalized spacial score (nSPS) is 11.5. The zero-order valence-electron chi connectivity index (χ0n) is 27.0. The van der Waals surface area contributed by atoms with E-state index >= 15 is 0 Å². The number of rotatable bonds is 0. The fourth-order valence-corrected chi connectivity index (χ4v) is 3.27. The van der Waals surface area contributed by atoms with Crippen LogP contribution in [0, 0.1) is 0 Å². The molecule has 0 N–H and O–H groups in total. The molecule has 0 bridgehead atoms. The maximum absolute atomic E-state index is 4.25. The molecule has 4 heterocycles. The van der Waals surface area contributed by atoms with Crippen molar-refractivity contribution in [2.24, 2.45) is 0 Å². The lowest BCUT2D eigenvalue weighted by molar-refractivity contribution is 0.569. The second-order valence-corrected chi connectivity index (χ2v) is 13.9. The first kappa shape index (κ1) is 34.6. The van der Waals surface area contributed by atoms with Crippen molar-refractivity contribution < 1.29 is 0 Å². The van der Waals surface area contributed by atoms with E-state index in [1.54, 1.807) is 6.20 Å². The third kappa shape index (κ3) is 14.1. The van der Waals surface area contributed by atoms with Crippen molar-refractivity contribution in [3.05, 3.63) is 120 Å². The lowest BCUT2D eigenvalue weighted by atomic mass is 9.88. The minimum Gasteiger partial charge on any atom is -0.265 e. The Labute approximate surface area is 244 Å². The molecule has 4 nitrogen and oxygen atoms in total. The highest BCUT2D eigenvalue weighted by molar-refractivity contribution is 5.19. The van der Waals surface area contributed by atoms with Crippen LogP contribution in [0.3, 0.4) is 0 Å². The molecule has 0 saturated carbocycles. The van der Waals surface area contributed by atoms with Crippen molar-refractivity contribution in [1.29, 1.82) is 0 Å². The van der Waals surface area contributed by atoms with Gasteiger partial charge in [-0.15, -0.1) is 0 Å². The van der Waals surface area contributed by atoms with E-state index in [4.69, 9.17) is 0 Å². The first-order valence-corrected chi connectivity index (χ1v) is 14.1. The van der Waals surface area contributed by atoms with Crippen molar-refractivity contribution in [1.82, 2.24) is 19.9 Å². The molecule has 0 aliphatic carbocycles. The zero-order chi connectivity index (χ0) is 30.5. The van der Waals surface area contributed by atoms with Crippen LogP contribution in [0.1, 0.15) is 106 Å². The number of hydrogen-bond acceptors (Lipinski definition) is 4. The van der Waals surface area contributed by atoms with E-state index in [1.807, 2.05) is 61.3 Å². The molecular formula is C36H52N4. The Morgan fingerprint density at radius 3 is 1.05 bits per heavy atom. The lowest BCUT2D eigenvalue weighted by Gasteiger charge is -2.17. The van der Waals surface area contributed by atoms with Gasteiger partial charge >= 0.3 is 0 Å². The van der Waals surface area contributed by atoms with Gasteiger partial charge in [-0.05, 0) is 64.4 Å². The van der Waals surface area contributed by atoms with Gasteiger partial charge in [-0.2, -0.15) is 0 Å². The number of nitrogens with zero attached hydrogens (tertiary/aromatic N) is 4. The average molecular weight is 541 g/mol. The molecule has 4 heteroatoms. The highest BCUT2D eigenvalue weighted by Gasteiger charge is 2.14. The summed E-state index contributed by atoms with van der Waals surface area (Å²) < 4.78 is 0. The van der Waals surface area contributed by atoms with Gasteiger partial charge in [-0.1, -0.05) is 101 Å². The van der Waals surface area contributed by atoms with Gasteiger partial charge in [0.15, 0.2) is 0 Å². The molecule has 4 rings (SSSR count). The quantitative estimate of drug-likeness (QED) is 0.223. The van der Waals surface area contributed by atoms with E-state index in [2.05, 4.69) is 133 Å². The maximum Gasteiger partial charge on any atom is 0.0457 e. The Morgan fingerprint density at radius 1 is 0.375 bits per heavy atom. The van der Waals surface area contributed by atoms with Crippen LogP contribution < -0.4 is 0 Å². The first-order valence-electron chi connectivity index (χ1n) is 14.1. The molecule has 4 aromatic rings. The summed E-state index contributed by atoms with van der Waals surface area (Å²) in [5, 5.41) is 0. The molecule has 0 atom stereocenters. The summed E-state index contributed by atoms with van der Waals surface area (Å²) in [6, 6.07) is 20.2. The predicted octanol–water partition coefficient (Wildman–Crippen LogP) is 9.52. The molecule has 0 aliphatic rings. The molecule has 0 aromatic carbocycles. The van der Waals surface area contributed by atoms with Gasteiger partial charge in [-0.3, -0.25) is 19.9 Å². The van der Waals surface area contributed by atoms with E-state index in [9.17, 15) is 0 Å². The molecule has 4 aromatic heterocycles. The zero-order valence-corrected chi connectivity index (χ0v) is 27.0. The molecular weight excluding hydrogens is 488 g/mol. The highest BCUT2D eigenvalue weighted by atomic mass is 14.7. The van der Waals surface area contributed by atoms with Gasteiger partial charge in [0.25, 0.3) is 0 Å². The Hall–Kier alpha value is -3.40. The van der Waals surface area contributed by atoms with Crippen LogP contribution in [0.4, 0.5) is 0 Å². The third-order valence-corrected chi connectivity index (χ3v) is 5.94. The summed E-state index contributed by atoms with van der Waals surface area (Å²) in [6.07, 6.45) is 11.1. The Morgan fingerprint density at radius 2 is 0.825 bits per heavy atom. The van der Waals surface area contributed by atoms with Gasteiger partial charge in [0.05, 0.1) is 0 Å². The summed E-state index contributed by atoms with van der Waals surface area (Å²) in [6.45, 7) is 26.1. The standard InChI is InChI=1S/4C9H13N/c1-9(2,3)8-4-6-10-7-5-8;1-9(2,3)8-5-4-6-10-7-8;2*1-9(2,3)8-6-4-5-7-10-8/h4*4-7H,1-3H3. The van der Waals surface area contributed by atoms with E-state index in [0.29, 0.717) is 0 Å². The van der Waals surface area contributed by atoms with E-state index in [0.717, 1.165) is 11.4 Å². The largest absolute Gasteiger partial charge is 0.265 e. The monoisotopic (exact) mass is 540 g/mol. The summed E-state index contributed by atoms with van der Waals surface area (Å²) >= 11 is 0. The van der Waals surface area contributed by atoms with Gasteiger partial charge in [0.1, 0.15) is 0 Å². The van der Waals surface area contributed by atoms with Gasteiger partial charge < -0.3 is 0 Å². The topological polar surface area (TPSA) is 51.6 Å². The van der Waals surface area contributed by atoms with Crippen LogP contribution >= 0.6 is 0 Å². The van der Waals surface area contributed by atoms with Crippen LogP contribution in [0.2, 0.25) is 0 Å². The first-order chi connectivity index (χ1) is 18.4. The fourth-order valence-electron chi connectivity index (χ4n) is 3.27. The van der Waals surface area contributed by atoms with Crippen LogP contribution in [-0.2, 0) is 21.7 Å². The van der Waals surface area contributed by atoms with Crippen LogP contribution in [-0.4, -0.2) is 19.9 Å². The molecule has 216 valence electrons. The van der Waals surface area contributed by atoms with E-state index < -0.39 is 0 Å². The molecule has 40 heavy (non-hydrogen) atoms. The van der Waals surface area contributed by atoms with Gasteiger partial charge in [0, 0.05) is 59.4 Å². The molecule has 0 spiro atoms. The molecule has 0 amide bonds. The highest BCUT2D eigenvalue weighted by Crippen LogP contribution is 2.21. The van der Waals surface area contributed by atoms with Gasteiger partial charge in [0.2, 0.25) is 0 Å². The molecule has 0 fully saturated rings. The Bertz CT molecular complexity index is 981. The molecule has 0 unspecified atom stereocenters. The Kier molecular flexibility index (Phi) is 13.3. The third-order valence-electron chi connectivity index (χ3n) is 5.94. The average Bonchev–Trinajstić information content (AvgIpc) is 2.90. The number of pyridine rings is 4. The van der Waals surface area contributed by atoms with Crippen LogP contribution in [0.25, 0.3) is 0 Å². The summed E-state index contributed by atoms with van der Waals surface area (Å²) in [4.78, 5) is 16.5. The van der Waals surface area contributed by atoms with Crippen LogP contribution in [0.15, 0.2) is 97.8 Å². The molecule has 0 radical (unpaired) electrons. The van der Waals surface area contributed by atoms with Crippen molar-refractivity contribution in [2.75, 3.05) is 0 Å². The summed E-state index contributed by atoms with van der Waals surface area (Å²) in [5.74, 6) is 0. The second-order valence-electron chi connectivity index (χ2n) is 13.9. The smallest absolute Gasteiger partial charge is 0.0457 e. The second kappa shape index (κ2) is 15.4. The van der Waals surface area contributed by atoms with E-state index in [-0.39, 0.29) is 21.7 Å². The minimum absolute atomic E-state index is 0.182. The maximum atomic E-state index is 4.25.